The van der Waals surface area contributed by atoms with E-state index in [4.69, 9.17) is 4.74 Å². The molecule has 1 heteroatoms. The molecule has 2 aliphatic rings. The zero-order valence-electron chi connectivity index (χ0n) is 20.3. The summed E-state index contributed by atoms with van der Waals surface area (Å²) in [5.74, 6) is 2.38. The summed E-state index contributed by atoms with van der Waals surface area (Å²) in [6, 6.07) is 5.42. The lowest BCUT2D eigenvalue weighted by Crippen LogP contribution is -2.15. The van der Waals surface area contributed by atoms with Gasteiger partial charge < -0.3 is 4.74 Å². The van der Waals surface area contributed by atoms with Gasteiger partial charge in [0.2, 0.25) is 0 Å². The molecule has 30 heavy (non-hydrogen) atoms. The maximum absolute atomic E-state index is 5.46. The predicted octanol–water partition coefficient (Wildman–Crippen LogP) is 9.04. The Labute approximate surface area is 187 Å². The molecule has 2 aliphatic carbocycles. The second kappa shape index (κ2) is 12.9. The monoisotopic (exact) mass is 412 g/mol. The Morgan fingerprint density at radius 1 is 0.833 bits per heavy atom. The van der Waals surface area contributed by atoms with Crippen LogP contribution in [0.25, 0.3) is 0 Å². The van der Waals surface area contributed by atoms with Crippen LogP contribution in [-0.2, 0) is 11.2 Å². The second-order valence-corrected chi connectivity index (χ2v) is 10.2. The van der Waals surface area contributed by atoms with E-state index < -0.39 is 0 Å². The van der Waals surface area contributed by atoms with E-state index in [1.54, 1.807) is 22.3 Å². The summed E-state index contributed by atoms with van der Waals surface area (Å²) >= 11 is 0. The Morgan fingerprint density at radius 3 is 2.00 bits per heavy atom. The summed E-state index contributed by atoms with van der Waals surface area (Å²) in [4.78, 5) is 0. The molecule has 0 spiro atoms. The summed E-state index contributed by atoms with van der Waals surface area (Å²) in [5, 5.41) is 0. The van der Waals surface area contributed by atoms with Gasteiger partial charge in [-0.25, -0.2) is 0 Å². The van der Waals surface area contributed by atoms with Gasteiger partial charge in [-0.2, -0.15) is 0 Å². The molecular formula is C29H48O. The summed E-state index contributed by atoms with van der Waals surface area (Å²) < 4.78 is 5.46. The lowest BCUT2D eigenvalue weighted by Gasteiger charge is -2.32. The number of ether oxygens (including phenoxy) is 1. The zero-order valence-corrected chi connectivity index (χ0v) is 20.3. The van der Waals surface area contributed by atoms with Gasteiger partial charge in [-0.15, -0.1) is 0 Å². The summed E-state index contributed by atoms with van der Waals surface area (Å²) in [6.45, 7) is 5.64. The highest BCUT2D eigenvalue weighted by atomic mass is 16.5. The van der Waals surface area contributed by atoms with Crippen LogP contribution >= 0.6 is 0 Å². The van der Waals surface area contributed by atoms with Crippen molar-refractivity contribution in [3.63, 3.8) is 0 Å². The fourth-order valence-corrected chi connectivity index (χ4v) is 6.39. The Balaban J connectivity index is 2.05. The van der Waals surface area contributed by atoms with Crippen molar-refractivity contribution in [2.75, 3.05) is 13.7 Å². The summed E-state index contributed by atoms with van der Waals surface area (Å²) in [6.07, 6.45) is 21.9. The molecule has 1 nitrogen and oxygen atoms in total. The fraction of sp³-hybridized carbons (Fsp3) is 0.793. The van der Waals surface area contributed by atoms with Crippen molar-refractivity contribution >= 4 is 0 Å². The highest BCUT2D eigenvalue weighted by Crippen LogP contribution is 2.43. The van der Waals surface area contributed by atoms with E-state index in [-0.39, 0.29) is 0 Å². The third-order valence-corrected chi connectivity index (χ3v) is 7.95. The van der Waals surface area contributed by atoms with Crippen LogP contribution in [0.15, 0.2) is 12.1 Å². The van der Waals surface area contributed by atoms with Crippen LogP contribution in [0.1, 0.15) is 150 Å². The molecule has 2 fully saturated rings. The molecule has 0 unspecified atom stereocenters. The van der Waals surface area contributed by atoms with Gasteiger partial charge in [0.1, 0.15) is 0 Å². The second-order valence-electron chi connectivity index (χ2n) is 10.2. The maximum atomic E-state index is 5.46. The molecule has 0 saturated heterocycles. The van der Waals surface area contributed by atoms with Crippen LogP contribution < -0.4 is 0 Å². The minimum Gasteiger partial charge on any atom is -0.385 e. The van der Waals surface area contributed by atoms with Crippen molar-refractivity contribution in [3.8, 4) is 0 Å². The van der Waals surface area contributed by atoms with E-state index in [1.807, 2.05) is 7.11 Å². The minimum absolute atomic E-state index is 0.753. The first-order valence-corrected chi connectivity index (χ1v) is 13.4. The van der Waals surface area contributed by atoms with Crippen LogP contribution in [0.3, 0.4) is 0 Å². The van der Waals surface area contributed by atoms with Crippen molar-refractivity contribution in [1.82, 2.24) is 0 Å². The number of benzene rings is 1. The molecule has 0 N–H and O–H groups in total. The van der Waals surface area contributed by atoms with Gasteiger partial charge in [-0.1, -0.05) is 77.3 Å². The van der Waals surface area contributed by atoms with Gasteiger partial charge in [-0.3, -0.25) is 0 Å². The molecule has 0 atom stereocenters. The van der Waals surface area contributed by atoms with E-state index in [9.17, 15) is 0 Å². The fourth-order valence-electron chi connectivity index (χ4n) is 6.39. The Hall–Kier alpha value is -0.820. The van der Waals surface area contributed by atoms with Crippen molar-refractivity contribution in [2.24, 2.45) is 0 Å². The largest absolute Gasteiger partial charge is 0.385 e. The Kier molecular flexibility index (Phi) is 10.2. The van der Waals surface area contributed by atoms with Crippen molar-refractivity contribution < 1.29 is 4.74 Å². The molecule has 1 aromatic carbocycles. The van der Waals surface area contributed by atoms with E-state index >= 15 is 0 Å². The lowest BCUT2D eigenvalue weighted by atomic mass is 9.74. The third kappa shape index (κ3) is 6.35. The van der Waals surface area contributed by atoms with Crippen LogP contribution in [0, 0.1) is 0 Å². The van der Waals surface area contributed by atoms with Crippen molar-refractivity contribution in [1.29, 1.82) is 0 Å². The third-order valence-electron chi connectivity index (χ3n) is 7.95. The topological polar surface area (TPSA) is 9.23 Å². The Morgan fingerprint density at radius 2 is 1.43 bits per heavy atom. The first-order chi connectivity index (χ1) is 14.8. The van der Waals surface area contributed by atoms with Gasteiger partial charge in [0.25, 0.3) is 0 Å². The molecule has 0 radical (unpaired) electrons. The van der Waals surface area contributed by atoms with Crippen LogP contribution in [-0.4, -0.2) is 13.7 Å². The quantitative estimate of drug-likeness (QED) is 0.329. The minimum atomic E-state index is 0.753. The number of hydrogen-bond acceptors (Lipinski definition) is 1. The zero-order chi connectivity index (χ0) is 21.2. The van der Waals surface area contributed by atoms with Crippen LogP contribution in [0.4, 0.5) is 0 Å². The molecule has 2 saturated carbocycles. The van der Waals surface area contributed by atoms with E-state index in [2.05, 4.69) is 26.0 Å². The van der Waals surface area contributed by atoms with Crippen LogP contribution in [0.5, 0.6) is 0 Å². The van der Waals surface area contributed by atoms with E-state index in [1.165, 1.54) is 96.3 Å². The van der Waals surface area contributed by atoms with Crippen molar-refractivity contribution in [3.05, 3.63) is 34.4 Å². The number of rotatable bonds is 11. The van der Waals surface area contributed by atoms with Gasteiger partial charge in [0.05, 0.1) is 0 Å². The molecule has 1 aromatic rings. The molecular weight excluding hydrogens is 364 g/mol. The van der Waals surface area contributed by atoms with E-state index in [0.29, 0.717) is 0 Å². The normalized spacial score (nSPS) is 18.9. The molecule has 0 heterocycles. The van der Waals surface area contributed by atoms with Gasteiger partial charge in [0, 0.05) is 13.7 Å². The molecule has 3 rings (SSSR count). The highest BCUT2D eigenvalue weighted by Gasteiger charge is 2.26. The maximum Gasteiger partial charge on any atom is 0.0465 e. The standard InChI is InChI=1S/C29H48O/c1-4-13-24(14-5-2)28-21-26(23-15-8-6-9-16-23)22-29(25-17-10-7-11-18-25)27(28)19-12-20-30-3/h21-25H,4-20H2,1-3H3. The summed E-state index contributed by atoms with van der Waals surface area (Å²) in [5.41, 5.74) is 6.96. The molecule has 170 valence electrons. The van der Waals surface area contributed by atoms with Crippen molar-refractivity contribution in [2.45, 2.75) is 134 Å². The first-order valence-electron chi connectivity index (χ1n) is 13.4. The molecule has 0 aliphatic heterocycles. The van der Waals surface area contributed by atoms with Gasteiger partial charge >= 0.3 is 0 Å². The molecule has 0 bridgehead atoms. The predicted molar refractivity (Wildman–Crippen MR) is 131 cm³/mol. The number of hydrogen-bond donors (Lipinski definition) is 0. The van der Waals surface area contributed by atoms with E-state index in [0.717, 1.165) is 30.8 Å². The van der Waals surface area contributed by atoms with Gasteiger partial charge in [0.15, 0.2) is 0 Å². The smallest absolute Gasteiger partial charge is 0.0465 e. The lowest BCUT2D eigenvalue weighted by molar-refractivity contribution is 0.195. The average Bonchev–Trinajstić information content (AvgIpc) is 2.80. The average molecular weight is 413 g/mol. The Bertz CT molecular complexity index is 601. The molecule has 0 amide bonds. The van der Waals surface area contributed by atoms with Gasteiger partial charge in [-0.05, 0) is 91.4 Å². The first kappa shape index (κ1) is 23.8. The summed E-state index contributed by atoms with van der Waals surface area (Å²) in [7, 11) is 1.85. The van der Waals surface area contributed by atoms with Crippen LogP contribution in [0.2, 0.25) is 0 Å². The SMILES string of the molecule is CCCC(CCC)c1cc(C2CCCCC2)cc(C2CCCCC2)c1CCCOC. The number of methoxy groups -OCH3 is 1. The molecule has 0 aromatic heterocycles. The highest BCUT2D eigenvalue weighted by molar-refractivity contribution is 5.45.